The lowest BCUT2D eigenvalue weighted by Gasteiger charge is -2.37. The van der Waals surface area contributed by atoms with Crippen molar-refractivity contribution in [2.24, 2.45) is 5.92 Å². The zero-order valence-electron chi connectivity index (χ0n) is 22.3. The molecule has 0 aliphatic carbocycles. The number of carbonyl (C=O) groups excluding carboxylic acids is 2. The highest BCUT2D eigenvalue weighted by Gasteiger charge is 2.41. The van der Waals surface area contributed by atoms with Gasteiger partial charge >= 0.3 is 6.09 Å². The monoisotopic (exact) mass is 520 g/mol. The number of nitrogens with zero attached hydrogens (tertiary/aromatic N) is 3. The molecule has 38 heavy (non-hydrogen) atoms. The van der Waals surface area contributed by atoms with E-state index >= 15 is 0 Å². The zero-order chi connectivity index (χ0) is 27.7. The van der Waals surface area contributed by atoms with Crippen LogP contribution in [0.25, 0.3) is 11.5 Å². The number of carbonyl (C=O) groups is 3. The molecule has 0 fully saturated rings. The number of aromatic nitrogens is 2. The molecule has 0 saturated carbocycles. The molecule has 0 bridgehead atoms. The minimum Gasteiger partial charge on any atom is -0.465 e. The summed E-state index contributed by atoms with van der Waals surface area (Å²) in [5, 5.41) is 21.2. The van der Waals surface area contributed by atoms with Gasteiger partial charge in [0.1, 0.15) is 6.04 Å². The Morgan fingerprint density at radius 3 is 2.18 bits per heavy atom. The zero-order valence-corrected chi connectivity index (χ0v) is 22.3. The number of hydrogen-bond acceptors (Lipinski definition) is 6. The largest absolute Gasteiger partial charge is 0.465 e. The number of hydrogen-bond donors (Lipinski definition) is 2. The fraction of sp³-hybridized carbons (Fsp3) is 0.414. The standard InChI is InChI=1S/C29H36N4O5/c1-5-13-19(3)25(26(34)27(35)30-20(4)21-14-9-7-10-15-21)33(29(36)37)23(6-2)18-24-31-32-28(38-24)22-16-11-8-12-17-22/h7-12,14-17,19-20,23,25H,5-6,13,18H2,1-4H3,(H,30,35)(H,36,37)/t19?,20-,23-,25+/m1/s1. The maximum atomic E-state index is 13.6. The van der Waals surface area contributed by atoms with Gasteiger partial charge < -0.3 is 14.8 Å². The maximum absolute atomic E-state index is 13.6. The second-order valence-electron chi connectivity index (χ2n) is 9.50. The summed E-state index contributed by atoms with van der Waals surface area (Å²) in [6.07, 6.45) is 0.552. The molecule has 0 saturated heterocycles. The van der Waals surface area contributed by atoms with E-state index in [2.05, 4.69) is 15.5 Å². The fourth-order valence-electron chi connectivity index (χ4n) is 4.68. The van der Waals surface area contributed by atoms with Crippen LogP contribution in [0.15, 0.2) is 65.1 Å². The molecule has 3 aromatic rings. The van der Waals surface area contributed by atoms with Crippen molar-refractivity contribution in [1.29, 1.82) is 0 Å². The summed E-state index contributed by atoms with van der Waals surface area (Å²) in [6.45, 7) is 7.39. The molecule has 9 heteroatoms. The van der Waals surface area contributed by atoms with Crippen molar-refractivity contribution in [3.8, 4) is 11.5 Å². The lowest BCUT2D eigenvalue weighted by molar-refractivity contribution is -0.142. The molecule has 0 aliphatic heterocycles. The Morgan fingerprint density at radius 2 is 1.61 bits per heavy atom. The number of rotatable bonds is 13. The van der Waals surface area contributed by atoms with Crippen LogP contribution in [-0.2, 0) is 16.0 Å². The summed E-state index contributed by atoms with van der Waals surface area (Å²) in [5.41, 5.74) is 1.60. The molecule has 1 unspecified atom stereocenters. The number of Topliss-reactive ketones (excluding diaryl/α,β-unsaturated/α-hetero) is 1. The predicted octanol–water partition coefficient (Wildman–Crippen LogP) is 5.29. The Bertz CT molecular complexity index is 1200. The molecule has 0 radical (unpaired) electrons. The summed E-state index contributed by atoms with van der Waals surface area (Å²) in [6, 6.07) is 16.3. The molecular formula is C29H36N4O5. The van der Waals surface area contributed by atoms with Gasteiger partial charge in [-0.05, 0) is 43.4 Å². The summed E-state index contributed by atoms with van der Waals surface area (Å²) >= 11 is 0. The van der Waals surface area contributed by atoms with Gasteiger partial charge in [-0.2, -0.15) is 0 Å². The third-order valence-corrected chi connectivity index (χ3v) is 6.71. The van der Waals surface area contributed by atoms with E-state index in [4.69, 9.17) is 4.42 Å². The predicted molar refractivity (Wildman–Crippen MR) is 143 cm³/mol. The van der Waals surface area contributed by atoms with Crippen molar-refractivity contribution in [3.63, 3.8) is 0 Å². The van der Waals surface area contributed by atoms with Crippen LogP contribution in [0.2, 0.25) is 0 Å². The summed E-state index contributed by atoms with van der Waals surface area (Å²) < 4.78 is 5.82. The smallest absolute Gasteiger partial charge is 0.408 e. The van der Waals surface area contributed by atoms with Gasteiger partial charge in [-0.25, -0.2) is 4.79 Å². The molecule has 2 amide bonds. The van der Waals surface area contributed by atoms with Crippen molar-refractivity contribution in [2.45, 2.75) is 71.5 Å². The number of nitrogens with one attached hydrogen (secondary N) is 1. The lowest BCUT2D eigenvalue weighted by Crippen LogP contribution is -2.57. The van der Waals surface area contributed by atoms with E-state index < -0.39 is 35.9 Å². The van der Waals surface area contributed by atoms with Crippen LogP contribution in [0.3, 0.4) is 0 Å². The minimum absolute atomic E-state index is 0.118. The minimum atomic E-state index is -1.27. The Labute approximate surface area is 223 Å². The van der Waals surface area contributed by atoms with Crippen LogP contribution < -0.4 is 5.32 Å². The highest BCUT2D eigenvalue weighted by atomic mass is 16.4. The average molecular weight is 521 g/mol. The quantitative estimate of drug-likeness (QED) is 0.293. The number of ketones is 1. The van der Waals surface area contributed by atoms with Gasteiger partial charge in [-0.3, -0.25) is 14.5 Å². The molecular weight excluding hydrogens is 484 g/mol. The normalized spacial score (nSPS) is 14.2. The van der Waals surface area contributed by atoms with Gasteiger partial charge in [0.15, 0.2) is 0 Å². The molecule has 0 spiro atoms. The van der Waals surface area contributed by atoms with Crippen molar-refractivity contribution in [3.05, 3.63) is 72.1 Å². The van der Waals surface area contributed by atoms with Gasteiger partial charge in [0.25, 0.3) is 5.91 Å². The molecule has 4 atom stereocenters. The van der Waals surface area contributed by atoms with Gasteiger partial charge in [-0.1, -0.05) is 75.7 Å². The summed E-state index contributed by atoms with van der Waals surface area (Å²) in [4.78, 5) is 40.4. The van der Waals surface area contributed by atoms with Gasteiger partial charge in [-0.15, -0.1) is 10.2 Å². The van der Waals surface area contributed by atoms with E-state index in [1.165, 1.54) is 0 Å². The molecule has 1 aromatic heterocycles. The van der Waals surface area contributed by atoms with E-state index in [0.717, 1.165) is 22.4 Å². The van der Waals surface area contributed by atoms with E-state index in [1.54, 1.807) is 6.92 Å². The average Bonchev–Trinajstić information content (AvgIpc) is 3.39. The second-order valence-corrected chi connectivity index (χ2v) is 9.50. The molecule has 0 aliphatic rings. The Hall–Kier alpha value is -4.01. The number of benzene rings is 2. The first-order valence-electron chi connectivity index (χ1n) is 13.0. The van der Waals surface area contributed by atoms with E-state index in [0.29, 0.717) is 18.7 Å². The van der Waals surface area contributed by atoms with Crippen molar-refractivity contribution < 1.29 is 23.9 Å². The second kappa shape index (κ2) is 13.5. The van der Waals surface area contributed by atoms with Crippen LogP contribution in [0.5, 0.6) is 0 Å². The first-order chi connectivity index (χ1) is 18.3. The van der Waals surface area contributed by atoms with Crippen LogP contribution >= 0.6 is 0 Å². The first kappa shape index (κ1) is 28.6. The van der Waals surface area contributed by atoms with E-state index in [9.17, 15) is 19.5 Å². The van der Waals surface area contributed by atoms with Crippen molar-refractivity contribution >= 4 is 17.8 Å². The van der Waals surface area contributed by atoms with E-state index in [1.807, 2.05) is 81.4 Å². The number of carboxylic acid groups (broad SMARTS) is 1. The maximum Gasteiger partial charge on any atom is 0.408 e. The Balaban J connectivity index is 1.86. The highest BCUT2D eigenvalue weighted by Crippen LogP contribution is 2.25. The SMILES string of the molecule is CCCC(C)[C@@H](C(=O)C(=O)N[C@H](C)c1ccccc1)N(C(=O)O)[C@H](CC)Cc1nnc(-c2ccccc2)o1. The van der Waals surface area contributed by atoms with Crippen LogP contribution in [-0.4, -0.2) is 50.1 Å². The molecule has 2 N–H and O–H groups in total. The third kappa shape index (κ3) is 7.06. The Morgan fingerprint density at radius 1 is 0.974 bits per heavy atom. The number of amides is 2. The first-order valence-corrected chi connectivity index (χ1v) is 13.0. The molecule has 9 nitrogen and oxygen atoms in total. The van der Waals surface area contributed by atoms with Crippen molar-refractivity contribution in [1.82, 2.24) is 20.4 Å². The Kier molecular flexibility index (Phi) is 10.2. The van der Waals surface area contributed by atoms with Crippen LogP contribution in [0, 0.1) is 5.92 Å². The molecule has 1 heterocycles. The third-order valence-electron chi connectivity index (χ3n) is 6.71. The molecule has 3 rings (SSSR count). The molecule has 202 valence electrons. The van der Waals surface area contributed by atoms with Gasteiger partial charge in [0, 0.05) is 18.0 Å². The van der Waals surface area contributed by atoms with Gasteiger partial charge in [0.05, 0.1) is 6.04 Å². The fourth-order valence-corrected chi connectivity index (χ4v) is 4.68. The summed E-state index contributed by atoms with van der Waals surface area (Å²) in [7, 11) is 0. The van der Waals surface area contributed by atoms with Crippen LogP contribution in [0.1, 0.15) is 64.5 Å². The topological polar surface area (TPSA) is 126 Å². The van der Waals surface area contributed by atoms with Crippen molar-refractivity contribution in [2.75, 3.05) is 0 Å². The van der Waals surface area contributed by atoms with Gasteiger partial charge in [0.2, 0.25) is 17.6 Å². The van der Waals surface area contributed by atoms with Crippen LogP contribution in [0.4, 0.5) is 4.79 Å². The summed E-state index contributed by atoms with van der Waals surface area (Å²) in [5.74, 6) is -1.36. The van der Waals surface area contributed by atoms with E-state index in [-0.39, 0.29) is 18.2 Å². The molecule has 2 aromatic carbocycles. The lowest BCUT2D eigenvalue weighted by atomic mass is 9.89. The highest BCUT2D eigenvalue weighted by molar-refractivity contribution is 6.38.